The van der Waals surface area contributed by atoms with Crippen molar-refractivity contribution in [2.24, 2.45) is 5.92 Å². The molecule has 4 rings (SSSR count). The molecule has 0 amide bonds. The highest BCUT2D eigenvalue weighted by atomic mass is 35.5. The third kappa shape index (κ3) is 3.95. The van der Waals surface area contributed by atoms with Crippen molar-refractivity contribution >= 4 is 12.4 Å². The number of likely N-dealkylation sites (N-methyl/N-ethyl adjacent to an activating group) is 1. The summed E-state index contributed by atoms with van der Waals surface area (Å²) in [6.07, 6.45) is 6.29. The molecule has 0 radical (unpaired) electrons. The molecule has 1 saturated heterocycles. The molecule has 1 aromatic carbocycles. The van der Waals surface area contributed by atoms with Crippen molar-refractivity contribution in [3.63, 3.8) is 0 Å². The van der Waals surface area contributed by atoms with Gasteiger partial charge in [-0.2, -0.15) is 0 Å². The summed E-state index contributed by atoms with van der Waals surface area (Å²) in [5.74, 6) is 0.711. The fourth-order valence-electron chi connectivity index (χ4n) is 5.18. The SMILES string of the molecule is CN(C)C1(CNC2CCCC2C2COCCN2)Cc2ccccc2C1.Cl. The molecule has 3 atom stereocenters. The van der Waals surface area contributed by atoms with Crippen LogP contribution in [-0.2, 0) is 17.6 Å². The average molecular weight is 380 g/mol. The van der Waals surface area contributed by atoms with Gasteiger partial charge in [0, 0.05) is 30.7 Å². The van der Waals surface area contributed by atoms with Gasteiger partial charge in [0.15, 0.2) is 0 Å². The van der Waals surface area contributed by atoms with Crippen molar-refractivity contribution in [3.8, 4) is 0 Å². The van der Waals surface area contributed by atoms with Crippen LogP contribution in [0, 0.1) is 5.92 Å². The molecular weight excluding hydrogens is 346 g/mol. The molecule has 4 nitrogen and oxygen atoms in total. The lowest BCUT2D eigenvalue weighted by Crippen LogP contribution is -2.57. The maximum absolute atomic E-state index is 5.72. The van der Waals surface area contributed by atoms with Crippen LogP contribution in [0.2, 0.25) is 0 Å². The summed E-state index contributed by atoms with van der Waals surface area (Å²) in [7, 11) is 4.49. The van der Waals surface area contributed by atoms with Crippen molar-refractivity contribution < 1.29 is 4.74 Å². The molecule has 0 bridgehead atoms. The second-order valence-electron chi connectivity index (χ2n) is 8.46. The molecule has 2 fully saturated rings. The normalized spacial score (nSPS) is 30.2. The number of fused-ring (bicyclic) bond motifs is 1. The Hall–Kier alpha value is -0.650. The van der Waals surface area contributed by atoms with Gasteiger partial charge in [0.25, 0.3) is 0 Å². The van der Waals surface area contributed by atoms with E-state index in [1.807, 2.05) is 0 Å². The number of benzene rings is 1. The van der Waals surface area contributed by atoms with Crippen LogP contribution < -0.4 is 10.6 Å². The van der Waals surface area contributed by atoms with E-state index in [0.29, 0.717) is 18.0 Å². The first kappa shape index (κ1) is 20.1. The molecule has 0 spiro atoms. The first-order chi connectivity index (χ1) is 12.2. The van der Waals surface area contributed by atoms with E-state index >= 15 is 0 Å². The van der Waals surface area contributed by atoms with Crippen molar-refractivity contribution in [1.82, 2.24) is 15.5 Å². The van der Waals surface area contributed by atoms with E-state index in [0.717, 1.165) is 39.1 Å². The summed E-state index contributed by atoms with van der Waals surface area (Å²) in [4.78, 5) is 2.45. The largest absolute Gasteiger partial charge is 0.379 e. The monoisotopic (exact) mass is 379 g/mol. The smallest absolute Gasteiger partial charge is 0.0623 e. The zero-order valence-corrected chi connectivity index (χ0v) is 17.0. The zero-order valence-electron chi connectivity index (χ0n) is 16.2. The predicted molar refractivity (Wildman–Crippen MR) is 109 cm³/mol. The maximum atomic E-state index is 5.72. The second-order valence-corrected chi connectivity index (χ2v) is 8.46. The van der Waals surface area contributed by atoms with Crippen molar-refractivity contribution in [2.45, 2.75) is 49.7 Å². The molecule has 0 aromatic heterocycles. The summed E-state index contributed by atoms with van der Waals surface area (Å²) in [6, 6.07) is 10.1. The minimum Gasteiger partial charge on any atom is -0.379 e. The van der Waals surface area contributed by atoms with Crippen LogP contribution in [-0.4, -0.2) is 62.9 Å². The molecular formula is C21H34ClN3O. The Kier molecular flexibility index (Phi) is 6.63. The van der Waals surface area contributed by atoms with Gasteiger partial charge in [-0.3, -0.25) is 0 Å². The van der Waals surface area contributed by atoms with Crippen LogP contribution in [0.15, 0.2) is 24.3 Å². The number of hydrogen-bond acceptors (Lipinski definition) is 4. The highest BCUT2D eigenvalue weighted by molar-refractivity contribution is 5.85. The van der Waals surface area contributed by atoms with Gasteiger partial charge in [0.2, 0.25) is 0 Å². The molecule has 1 heterocycles. The Bertz CT molecular complexity index is 563. The lowest BCUT2D eigenvalue weighted by atomic mass is 9.90. The van der Waals surface area contributed by atoms with Crippen molar-refractivity contribution in [3.05, 3.63) is 35.4 Å². The number of halogens is 1. The predicted octanol–water partition coefficient (Wildman–Crippen LogP) is 2.25. The highest BCUT2D eigenvalue weighted by Crippen LogP contribution is 2.35. The molecule has 1 aromatic rings. The second kappa shape index (κ2) is 8.57. The van der Waals surface area contributed by atoms with Crippen LogP contribution in [0.5, 0.6) is 0 Å². The third-order valence-electron chi connectivity index (χ3n) is 6.84. The number of rotatable bonds is 5. The number of morpholine rings is 1. The van der Waals surface area contributed by atoms with E-state index < -0.39 is 0 Å². The summed E-state index contributed by atoms with van der Waals surface area (Å²) in [5.41, 5.74) is 3.28. The summed E-state index contributed by atoms with van der Waals surface area (Å²) in [6.45, 7) is 3.82. The van der Waals surface area contributed by atoms with Crippen LogP contribution in [0.3, 0.4) is 0 Å². The summed E-state index contributed by atoms with van der Waals surface area (Å²) >= 11 is 0. The lowest BCUT2D eigenvalue weighted by Gasteiger charge is -2.39. The fourth-order valence-corrected chi connectivity index (χ4v) is 5.18. The van der Waals surface area contributed by atoms with Gasteiger partial charge in [0.05, 0.1) is 13.2 Å². The van der Waals surface area contributed by atoms with Crippen molar-refractivity contribution in [2.75, 3.05) is 40.4 Å². The molecule has 5 heteroatoms. The van der Waals surface area contributed by atoms with E-state index in [4.69, 9.17) is 4.74 Å². The zero-order chi connectivity index (χ0) is 17.3. The first-order valence-corrected chi connectivity index (χ1v) is 9.97. The Balaban J connectivity index is 0.00000196. The quantitative estimate of drug-likeness (QED) is 0.822. The maximum Gasteiger partial charge on any atom is 0.0623 e. The number of ether oxygens (including phenoxy) is 1. The minimum absolute atomic E-state index is 0. The highest BCUT2D eigenvalue weighted by Gasteiger charge is 2.41. The van der Waals surface area contributed by atoms with Crippen LogP contribution >= 0.6 is 12.4 Å². The molecule has 146 valence electrons. The van der Waals surface area contributed by atoms with E-state index in [2.05, 4.69) is 53.9 Å². The van der Waals surface area contributed by atoms with Crippen molar-refractivity contribution in [1.29, 1.82) is 0 Å². The number of nitrogens with one attached hydrogen (secondary N) is 2. The molecule has 1 saturated carbocycles. The molecule has 2 aliphatic carbocycles. The number of hydrogen-bond donors (Lipinski definition) is 2. The first-order valence-electron chi connectivity index (χ1n) is 9.97. The Morgan fingerprint density at radius 2 is 1.92 bits per heavy atom. The fraction of sp³-hybridized carbons (Fsp3) is 0.714. The Morgan fingerprint density at radius 1 is 1.19 bits per heavy atom. The molecule has 3 unspecified atom stereocenters. The topological polar surface area (TPSA) is 36.5 Å². The standard InChI is InChI=1S/C21H33N3O.ClH/c1-24(2)21(12-16-6-3-4-7-17(16)13-21)15-23-19-9-5-8-18(19)20-14-25-11-10-22-20;/h3-4,6-7,18-20,22-23H,5,8-15H2,1-2H3;1H. The molecule has 3 aliphatic rings. The van der Waals surface area contributed by atoms with Gasteiger partial charge in [-0.15, -0.1) is 12.4 Å². The van der Waals surface area contributed by atoms with E-state index in [-0.39, 0.29) is 17.9 Å². The Labute approximate surface area is 164 Å². The van der Waals surface area contributed by atoms with E-state index in [9.17, 15) is 0 Å². The Morgan fingerprint density at radius 3 is 2.54 bits per heavy atom. The van der Waals surface area contributed by atoms with Gasteiger partial charge >= 0.3 is 0 Å². The molecule has 1 aliphatic heterocycles. The lowest BCUT2D eigenvalue weighted by molar-refractivity contribution is 0.0508. The van der Waals surface area contributed by atoms with Crippen LogP contribution in [0.4, 0.5) is 0 Å². The van der Waals surface area contributed by atoms with Gasteiger partial charge in [-0.25, -0.2) is 0 Å². The van der Waals surface area contributed by atoms with E-state index in [1.54, 1.807) is 0 Å². The summed E-state index contributed by atoms with van der Waals surface area (Å²) in [5, 5.41) is 7.68. The third-order valence-corrected chi connectivity index (χ3v) is 6.84. The molecule has 26 heavy (non-hydrogen) atoms. The van der Waals surface area contributed by atoms with Gasteiger partial charge in [-0.1, -0.05) is 30.7 Å². The van der Waals surface area contributed by atoms with Crippen LogP contribution in [0.25, 0.3) is 0 Å². The van der Waals surface area contributed by atoms with Gasteiger partial charge in [-0.05, 0) is 56.8 Å². The average Bonchev–Trinajstić information content (AvgIpc) is 3.25. The minimum atomic E-state index is 0. The number of nitrogens with zero attached hydrogens (tertiary/aromatic N) is 1. The van der Waals surface area contributed by atoms with Gasteiger partial charge in [0.1, 0.15) is 0 Å². The summed E-state index contributed by atoms with van der Waals surface area (Å²) < 4.78 is 5.72. The van der Waals surface area contributed by atoms with Crippen LogP contribution in [0.1, 0.15) is 30.4 Å². The van der Waals surface area contributed by atoms with E-state index in [1.165, 1.54) is 30.4 Å². The molecule has 2 N–H and O–H groups in total. The van der Waals surface area contributed by atoms with Gasteiger partial charge < -0.3 is 20.3 Å².